The van der Waals surface area contributed by atoms with Crippen molar-refractivity contribution in [2.45, 2.75) is 39.8 Å². The summed E-state index contributed by atoms with van der Waals surface area (Å²) in [4.78, 5) is 17.3. The zero-order valence-corrected chi connectivity index (χ0v) is 11.9. The molecule has 0 unspecified atom stereocenters. The Hall–Kier alpha value is -1.98. The molecule has 1 aromatic rings. The molecule has 6 nitrogen and oxygen atoms in total. The number of primary amides is 1. The quantitative estimate of drug-likeness (QED) is 0.805. The summed E-state index contributed by atoms with van der Waals surface area (Å²) >= 11 is 0. The highest BCUT2D eigenvalue weighted by atomic mass is 16.5. The van der Waals surface area contributed by atoms with Gasteiger partial charge in [-0.1, -0.05) is 0 Å². The zero-order valence-electron chi connectivity index (χ0n) is 11.9. The van der Waals surface area contributed by atoms with E-state index < -0.39 is 5.91 Å². The van der Waals surface area contributed by atoms with Crippen molar-refractivity contribution in [3.63, 3.8) is 0 Å². The summed E-state index contributed by atoms with van der Waals surface area (Å²) < 4.78 is 5.54. The average Bonchev–Trinajstić information content (AvgIpc) is 2.28. The Labute approximate surface area is 113 Å². The van der Waals surface area contributed by atoms with Crippen LogP contribution < -0.4 is 21.1 Å². The molecule has 4 N–H and O–H groups in total. The van der Waals surface area contributed by atoms with Gasteiger partial charge in [0.25, 0.3) is 0 Å². The largest absolute Gasteiger partial charge is 0.473 e. The van der Waals surface area contributed by atoms with Gasteiger partial charge in [-0.25, -0.2) is 0 Å². The lowest BCUT2D eigenvalue weighted by atomic mass is 10.3. The molecule has 0 aromatic carbocycles. The molecule has 1 amide bonds. The third-order valence-corrected chi connectivity index (χ3v) is 2.47. The van der Waals surface area contributed by atoms with Crippen molar-refractivity contribution >= 4 is 17.4 Å². The second-order valence-corrected chi connectivity index (χ2v) is 4.92. The minimum atomic E-state index is -0.404. The summed E-state index contributed by atoms with van der Waals surface area (Å²) in [6, 6.07) is 3.57. The molecule has 0 spiro atoms. The summed E-state index contributed by atoms with van der Waals surface area (Å²) in [5.74, 6) is 0.597. The topological polar surface area (TPSA) is 94.5 Å². The highest BCUT2D eigenvalue weighted by molar-refractivity contribution is 5.79. The van der Waals surface area contributed by atoms with Crippen molar-refractivity contribution in [3.8, 4) is 5.88 Å². The molecule has 0 fully saturated rings. The molecule has 0 saturated heterocycles. The van der Waals surface area contributed by atoms with Gasteiger partial charge in [0.05, 0.1) is 18.3 Å². The van der Waals surface area contributed by atoms with Crippen molar-refractivity contribution in [2.24, 2.45) is 5.73 Å². The van der Waals surface area contributed by atoms with Crippen LogP contribution in [0.4, 0.5) is 11.5 Å². The molecule has 0 aliphatic heterocycles. The summed E-state index contributed by atoms with van der Waals surface area (Å²) in [7, 11) is 0. The lowest BCUT2D eigenvalue weighted by Crippen LogP contribution is -2.39. The Kier molecular flexibility index (Phi) is 4.97. The summed E-state index contributed by atoms with van der Waals surface area (Å²) in [6.07, 6.45) is -0.0197. The third kappa shape index (κ3) is 4.31. The van der Waals surface area contributed by atoms with Gasteiger partial charge in [-0.15, -0.1) is 0 Å². The molecule has 0 aliphatic carbocycles. The summed E-state index contributed by atoms with van der Waals surface area (Å²) in [5, 5.41) is 0. The molecule has 1 heterocycles. The zero-order chi connectivity index (χ0) is 14.6. The number of rotatable bonds is 6. The highest BCUT2D eigenvalue weighted by Crippen LogP contribution is 2.25. The van der Waals surface area contributed by atoms with Crippen LogP contribution in [-0.4, -0.2) is 29.6 Å². The first kappa shape index (κ1) is 15.1. The molecular weight excluding hydrogens is 244 g/mol. The first-order valence-electron chi connectivity index (χ1n) is 6.29. The first-order chi connectivity index (χ1) is 8.81. The second-order valence-electron chi connectivity index (χ2n) is 4.92. The van der Waals surface area contributed by atoms with E-state index in [1.807, 2.05) is 27.7 Å². The number of anilines is 2. The van der Waals surface area contributed by atoms with Crippen LogP contribution in [0, 0.1) is 0 Å². The Bertz CT molecular complexity index is 446. The molecule has 0 atom stereocenters. The number of hydrogen-bond acceptors (Lipinski definition) is 5. The van der Waals surface area contributed by atoms with Gasteiger partial charge >= 0.3 is 0 Å². The lowest BCUT2D eigenvalue weighted by molar-refractivity contribution is -0.116. The number of nitrogen functional groups attached to an aromatic ring is 1. The molecule has 19 heavy (non-hydrogen) atoms. The molecule has 6 heteroatoms. The van der Waals surface area contributed by atoms with Crippen molar-refractivity contribution in [1.82, 2.24) is 4.98 Å². The predicted molar refractivity (Wildman–Crippen MR) is 76.1 cm³/mol. The number of amides is 1. The first-order valence-corrected chi connectivity index (χ1v) is 6.29. The van der Waals surface area contributed by atoms with Crippen molar-refractivity contribution in [3.05, 3.63) is 12.1 Å². The van der Waals surface area contributed by atoms with Gasteiger partial charge in [0, 0.05) is 6.04 Å². The lowest BCUT2D eigenvalue weighted by Gasteiger charge is -2.27. The summed E-state index contributed by atoms with van der Waals surface area (Å²) in [5.41, 5.74) is 11.5. The van der Waals surface area contributed by atoms with Crippen LogP contribution in [0.1, 0.15) is 27.7 Å². The van der Waals surface area contributed by atoms with E-state index in [2.05, 4.69) is 4.98 Å². The fourth-order valence-corrected chi connectivity index (χ4v) is 1.62. The number of aromatic nitrogens is 1. The maximum Gasteiger partial charge on any atom is 0.239 e. The van der Waals surface area contributed by atoms with E-state index in [1.54, 1.807) is 17.0 Å². The van der Waals surface area contributed by atoms with Crippen LogP contribution in [0.5, 0.6) is 5.88 Å². The maximum atomic E-state index is 11.1. The fourth-order valence-electron chi connectivity index (χ4n) is 1.62. The number of nitrogens with zero attached hydrogens (tertiary/aromatic N) is 2. The van der Waals surface area contributed by atoms with Gasteiger partial charge < -0.3 is 21.1 Å². The third-order valence-electron chi connectivity index (χ3n) is 2.47. The van der Waals surface area contributed by atoms with Gasteiger partial charge in [0.1, 0.15) is 5.82 Å². The Morgan fingerprint density at radius 3 is 2.47 bits per heavy atom. The van der Waals surface area contributed by atoms with E-state index >= 15 is 0 Å². The standard InChI is InChI=1S/C13H22N4O2/c1-8(2)17(7-11(15)18)12-6-5-10(14)13(16-12)19-9(3)4/h5-6,8-9H,7,14H2,1-4H3,(H2,15,18). The van der Waals surface area contributed by atoms with Gasteiger partial charge in [-0.05, 0) is 39.8 Å². The number of hydrogen-bond donors (Lipinski definition) is 2. The normalized spacial score (nSPS) is 10.8. The SMILES string of the molecule is CC(C)Oc1nc(N(CC(N)=O)C(C)C)ccc1N. The average molecular weight is 266 g/mol. The van der Waals surface area contributed by atoms with E-state index in [4.69, 9.17) is 16.2 Å². The molecule has 1 aromatic heterocycles. The molecule has 1 rings (SSSR count). The van der Waals surface area contributed by atoms with Crippen LogP contribution >= 0.6 is 0 Å². The molecule has 0 bridgehead atoms. The Morgan fingerprint density at radius 1 is 1.37 bits per heavy atom. The van der Waals surface area contributed by atoms with Crippen molar-refractivity contribution < 1.29 is 9.53 Å². The van der Waals surface area contributed by atoms with E-state index in [0.717, 1.165) is 0 Å². The Morgan fingerprint density at radius 2 is 2.00 bits per heavy atom. The molecule has 0 radical (unpaired) electrons. The second kappa shape index (κ2) is 6.26. The maximum absolute atomic E-state index is 11.1. The fraction of sp³-hybridized carbons (Fsp3) is 0.538. The van der Waals surface area contributed by atoms with Crippen LogP contribution in [0.15, 0.2) is 12.1 Å². The summed E-state index contributed by atoms with van der Waals surface area (Å²) in [6.45, 7) is 7.83. The molecule has 0 aliphatic rings. The van der Waals surface area contributed by atoms with Crippen molar-refractivity contribution in [2.75, 3.05) is 17.2 Å². The van der Waals surface area contributed by atoms with Crippen molar-refractivity contribution in [1.29, 1.82) is 0 Å². The van der Waals surface area contributed by atoms with Gasteiger partial charge in [0.15, 0.2) is 0 Å². The van der Waals surface area contributed by atoms with E-state index in [-0.39, 0.29) is 18.7 Å². The predicted octanol–water partition coefficient (Wildman–Crippen LogP) is 1.15. The monoisotopic (exact) mass is 266 g/mol. The van der Waals surface area contributed by atoms with Gasteiger partial charge in [-0.2, -0.15) is 4.98 Å². The number of ether oxygens (including phenoxy) is 1. The number of carbonyl (C=O) groups is 1. The minimum absolute atomic E-state index is 0.0197. The van der Waals surface area contributed by atoms with Crippen LogP contribution in [0.3, 0.4) is 0 Å². The van der Waals surface area contributed by atoms with E-state index in [9.17, 15) is 4.79 Å². The molecule has 106 valence electrons. The van der Waals surface area contributed by atoms with E-state index in [0.29, 0.717) is 17.4 Å². The number of nitrogens with two attached hydrogens (primary N) is 2. The Balaban J connectivity index is 3.06. The number of carbonyl (C=O) groups excluding carboxylic acids is 1. The molecular formula is C13H22N4O2. The van der Waals surface area contributed by atoms with Crippen LogP contribution in [0.25, 0.3) is 0 Å². The minimum Gasteiger partial charge on any atom is -0.473 e. The van der Waals surface area contributed by atoms with Crippen LogP contribution in [-0.2, 0) is 4.79 Å². The highest BCUT2D eigenvalue weighted by Gasteiger charge is 2.16. The van der Waals surface area contributed by atoms with Crippen LogP contribution in [0.2, 0.25) is 0 Å². The molecule has 0 saturated carbocycles. The number of pyridine rings is 1. The van der Waals surface area contributed by atoms with Gasteiger partial charge in [0.2, 0.25) is 11.8 Å². The van der Waals surface area contributed by atoms with Gasteiger partial charge in [-0.3, -0.25) is 4.79 Å². The van der Waals surface area contributed by atoms with E-state index in [1.165, 1.54) is 0 Å². The smallest absolute Gasteiger partial charge is 0.239 e.